The SMILES string of the molecule is O=C(C1CCSCC1)N(Cc1ccc(C2=NNC(C(F)F)O2)cc1F)c1ccc(F)c(Cl)c1. The van der Waals surface area contributed by atoms with Gasteiger partial charge in [-0.05, 0) is 54.7 Å². The fourth-order valence-corrected chi connectivity index (χ4v) is 4.91. The standard InChI is InChI=1S/C22H20ClF4N3O2S/c23-16-10-15(3-4-17(16)24)30(22(31)12-5-7-33-8-6-12)11-14-2-1-13(9-18(14)25)20-28-29-21(32-20)19(26)27/h1-4,9-10,12,19,21,29H,5-8,11H2. The molecule has 2 aliphatic rings. The highest BCUT2D eigenvalue weighted by Crippen LogP contribution is 2.30. The first-order chi connectivity index (χ1) is 15.8. The third-order valence-electron chi connectivity index (χ3n) is 5.44. The number of alkyl halides is 2. The van der Waals surface area contributed by atoms with E-state index in [1.807, 2.05) is 0 Å². The van der Waals surface area contributed by atoms with E-state index < -0.39 is 24.3 Å². The first-order valence-electron chi connectivity index (χ1n) is 10.2. The van der Waals surface area contributed by atoms with Crippen LogP contribution in [0.2, 0.25) is 5.02 Å². The molecule has 0 bridgehead atoms. The highest BCUT2D eigenvalue weighted by atomic mass is 35.5. The average molecular weight is 502 g/mol. The molecule has 0 aliphatic carbocycles. The van der Waals surface area contributed by atoms with Crippen LogP contribution in [0.5, 0.6) is 0 Å². The van der Waals surface area contributed by atoms with Crippen molar-refractivity contribution in [1.29, 1.82) is 0 Å². The predicted molar refractivity (Wildman–Crippen MR) is 120 cm³/mol. The lowest BCUT2D eigenvalue weighted by Crippen LogP contribution is -2.37. The van der Waals surface area contributed by atoms with E-state index in [4.69, 9.17) is 16.3 Å². The van der Waals surface area contributed by atoms with Crippen LogP contribution in [-0.2, 0) is 16.1 Å². The largest absolute Gasteiger partial charge is 0.445 e. The number of benzene rings is 2. The Hall–Kier alpha value is -2.46. The third-order valence-corrected chi connectivity index (χ3v) is 6.78. The van der Waals surface area contributed by atoms with Gasteiger partial charge >= 0.3 is 0 Å². The van der Waals surface area contributed by atoms with Gasteiger partial charge in [-0.15, -0.1) is 5.10 Å². The molecule has 1 N–H and O–H groups in total. The first-order valence-corrected chi connectivity index (χ1v) is 11.8. The summed E-state index contributed by atoms with van der Waals surface area (Å²) in [6.07, 6.45) is -2.99. The van der Waals surface area contributed by atoms with E-state index in [0.717, 1.165) is 23.6 Å². The monoisotopic (exact) mass is 501 g/mol. The van der Waals surface area contributed by atoms with E-state index in [2.05, 4.69) is 10.5 Å². The van der Waals surface area contributed by atoms with Crippen molar-refractivity contribution < 1.29 is 27.1 Å². The molecule has 1 amide bonds. The van der Waals surface area contributed by atoms with Gasteiger partial charge in [-0.25, -0.2) is 17.6 Å². The van der Waals surface area contributed by atoms with Crippen LogP contribution >= 0.6 is 23.4 Å². The summed E-state index contributed by atoms with van der Waals surface area (Å²) in [4.78, 5) is 14.7. The molecule has 0 radical (unpaired) electrons. The summed E-state index contributed by atoms with van der Waals surface area (Å²) in [6, 6.07) is 7.96. The van der Waals surface area contributed by atoms with E-state index in [-0.39, 0.29) is 40.4 Å². The van der Waals surface area contributed by atoms with Crippen LogP contribution in [0.15, 0.2) is 41.5 Å². The fourth-order valence-electron chi connectivity index (χ4n) is 3.63. The molecule has 11 heteroatoms. The molecule has 2 aliphatic heterocycles. The van der Waals surface area contributed by atoms with Crippen molar-refractivity contribution in [3.8, 4) is 0 Å². The molecule has 1 fully saturated rings. The summed E-state index contributed by atoms with van der Waals surface area (Å²) >= 11 is 7.71. The molecule has 4 rings (SSSR count). The van der Waals surface area contributed by atoms with Crippen molar-refractivity contribution in [2.24, 2.45) is 11.0 Å². The summed E-state index contributed by atoms with van der Waals surface area (Å²) in [7, 11) is 0. The third kappa shape index (κ3) is 5.38. The molecule has 0 aromatic heterocycles. The van der Waals surface area contributed by atoms with Crippen molar-refractivity contribution in [3.05, 3.63) is 64.2 Å². The van der Waals surface area contributed by atoms with Crippen molar-refractivity contribution in [3.63, 3.8) is 0 Å². The molecule has 176 valence electrons. The molecule has 1 unspecified atom stereocenters. The second-order valence-electron chi connectivity index (χ2n) is 7.63. The quantitative estimate of drug-likeness (QED) is 0.555. The normalized spacial score (nSPS) is 18.6. The van der Waals surface area contributed by atoms with E-state index in [0.29, 0.717) is 18.5 Å². The van der Waals surface area contributed by atoms with Gasteiger partial charge in [0.1, 0.15) is 11.6 Å². The van der Waals surface area contributed by atoms with Crippen LogP contribution in [0, 0.1) is 17.6 Å². The van der Waals surface area contributed by atoms with Crippen LogP contribution in [0.25, 0.3) is 0 Å². The van der Waals surface area contributed by atoms with E-state index >= 15 is 0 Å². The zero-order valence-electron chi connectivity index (χ0n) is 17.2. The van der Waals surface area contributed by atoms with Gasteiger partial charge in [-0.1, -0.05) is 17.7 Å². The van der Waals surface area contributed by atoms with E-state index in [1.165, 1.54) is 29.2 Å². The van der Waals surface area contributed by atoms with Crippen LogP contribution < -0.4 is 10.3 Å². The minimum Gasteiger partial charge on any atom is -0.445 e. The number of rotatable bonds is 6. The highest BCUT2D eigenvalue weighted by Gasteiger charge is 2.30. The number of hydrogen-bond donors (Lipinski definition) is 1. The lowest BCUT2D eigenvalue weighted by molar-refractivity contribution is -0.122. The molecule has 1 atom stereocenters. The number of nitrogens with one attached hydrogen (secondary N) is 1. The summed E-state index contributed by atoms with van der Waals surface area (Å²) < 4.78 is 59.2. The Kier molecular flexibility index (Phi) is 7.33. The Morgan fingerprint density at radius 2 is 1.94 bits per heavy atom. The zero-order chi connectivity index (χ0) is 23.5. The number of carbonyl (C=O) groups is 1. The average Bonchev–Trinajstić information content (AvgIpc) is 3.31. The molecule has 5 nitrogen and oxygen atoms in total. The van der Waals surface area contributed by atoms with Crippen molar-refractivity contribution in [2.45, 2.75) is 32.0 Å². The van der Waals surface area contributed by atoms with Gasteiger partial charge in [-0.2, -0.15) is 11.8 Å². The van der Waals surface area contributed by atoms with Gasteiger partial charge in [0.2, 0.25) is 18.0 Å². The van der Waals surface area contributed by atoms with Gasteiger partial charge in [0.05, 0.1) is 11.6 Å². The van der Waals surface area contributed by atoms with Crippen LogP contribution in [0.4, 0.5) is 23.2 Å². The van der Waals surface area contributed by atoms with E-state index in [9.17, 15) is 22.4 Å². The van der Waals surface area contributed by atoms with Gasteiger partial charge in [-0.3, -0.25) is 10.2 Å². The lowest BCUT2D eigenvalue weighted by Gasteiger charge is -2.29. The second-order valence-corrected chi connectivity index (χ2v) is 9.27. The Morgan fingerprint density at radius 3 is 2.58 bits per heavy atom. The Bertz CT molecular complexity index is 1070. The number of amides is 1. The summed E-state index contributed by atoms with van der Waals surface area (Å²) in [5.41, 5.74) is 2.88. The minimum absolute atomic E-state index is 0.109. The Balaban J connectivity index is 1.59. The molecule has 33 heavy (non-hydrogen) atoms. The molecule has 2 heterocycles. The van der Waals surface area contributed by atoms with Crippen molar-refractivity contribution >= 4 is 40.9 Å². The molecule has 1 saturated heterocycles. The number of thioether (sulfide) groups is 1. The minimum atomic E-state index is -2.80. The maximum absolute atomic E-state index is 15.0. The zero-order valence-corrected chi connectivity index (χ0v) is 18.8. The highest BCUT2D eigenvalue weighted by molar-refractivity contribution is 7.99. The number of hydrogen-bond acceptors (Lipinski definition) is 5. The number of anilines is 1. The molecule has 0 saturated carbocycles. The number of halogens is 5. The maximum atomic E-state index is 15.0. The summed E-state index contributed by atoms with van der Waals surface area (Å²) in [5, 5.41) is 3.54. The van der Waals surface area contributed by atoms with Gasteiger partial charge in [0, 0.05) is 22.7 Å². The van der Waals surface area contributed by atoms with Crippen LogP contribution in [-0.4, -0.2) is 36.0 Å². The van der Waals surface area contributed by atoms with Crippen molar-refractivity contribution in [2.75, 3.05) is 16.4 Å². The Morgan fingerprint density at radius 1 is 1.18 bits per heavy atom. The van der Waals surface area contributed by atoms with Gasteiger partial charge in [0.15, 0.2) is 0 Å². The maximum Gasteiger partial charge on any atom is 0.294 e. The summed E-state index contributed by atoms with van der Waals surface area (Å²) in [6.45, 7) is -0.109. The fraction of sp³-hybridized carbons (Fsp3) is 0.364. The summed E-state index contributed by atoms with van der Waals surface area (Å²) in [5.74, 6) is -0.135. The molecule has 2 aromatic rings. The smallest absolute Gasteiger partial charge is 0.294 e. The predicted octanol–water partition coefficient (Wildman–Crippen LogP) is 5.17. The number of carbonyl (C=O) groups excluding carboxylic acids is 1. The van der Waals surface area contributed by atoms with E-state index in [1.54, 1.807) is 11.8 Å². The topological polar surface area (TPSA) is 53.9 Å². The van der Waals surface area contributed by atoms with Crippen LogP contribution in [0.1, 0.15) is 24.0 Å². The van der Waals surface area contributed by atoms with Crippen LogP contribution in [0.3, 0.4) is 0 Å². The van der Waals surface area contributed by atoms with Crippen molar-refractivity contribution in [1.82, 2.24) is 5.43 Å². The molecule has 2 aromatic carbocycles. The lowest BCUT2D eigenvalue weighted by atomic mass is 10.00. The molecular weight excluding hydrogens is 482 g/mol. The Labute approximate surface area is 197 Å². The molecular formula is C22H20ClF4N3O2S. The number of hydrazone groups is 1. The van der Waals surface area contributed by atoms with Gasteiger partial charge in [0.25, 0.3) is 6.43 Å². The first kappa shape index (κ1) is 23.7. The second kappa shape index (κ2) is 10.2. The molecule has 0 spiro atoms. The number of nitrogens with zero attached hydrogens (tertiary/aromatic N) is 2. The number of ether oxygens (including phenoxy) is 1. The van der Waals surface area contributed by atoms with Gasteiger partial charge < -0.3 is 9.64 Å².